The van der Waals surface area contributed by atoms with Gasteiger partial charge in [0.2, 0.25) is 0 Å². The highest BCUT2D eigenvalue weighted by Gasteiger charge is 2.16. The Balaban J connectivity index is 2.24. The lowest BCUT2D eigenvalue weighted by Gasteiger charge is -2.11. The van der Waals surface area contributed by atoms with Crippen LogP contribution >= 0.6 is 12.6 Å². The normalized spacial score (nSPS) is 12.3. The van der Waals surface area contributed by atoms with Crippen molar-refractivity contribution >= 4 is 29.4 Å². The van der Waals surface area contributed by atoms with E-state index in [9.17, 15) is 4.79 Å². The van der Waals surface area contributed by atoms with Crippen molar-refractivity contribution in [3.8, 4) is 0 Å². The number of hydrogen-bond donors (Lipinski definition) is 1. The smallest absolute Gasteiger partial charge is 0.319 e. The third kappa shape index (κ3) is 2.85. The van der Waals surface area contributed by atoms with Crippen LogP contribution in [0.25, 0.3) is 10.8 Å². The third-order valence-electron chi connectivity index (χ3n) is 2.85. The third-order valence-corrected chi connectivity index (χ3v) is 3.25. The molecule has 1 unspecified atom stereocenters. The lowest BCUT2D eigenvalue weighted by atomic mass is 10.0. The van der Waals surface area contributed by atoms with Crippen molar-refractivity contribution in [1.29, 1.82) is 0 Å². The van der Waals surface area contributed by atoms with Gasteiger partial charge in [0.1, 0.15) is 5.25 Å². The van der Waals surface area contributed by atoms with Crippen molar-refractivity contribution in [1.82, 2.24) is 0 Å². The number of esters is 1. The zero-order valence-electron chi connectivity index (χ0n) is 10.3. The zero-order valence-corrected chi connectivity index (χ0v) is 11.2. The molecule has 18 heavy (non-hydrogen) atoms. The zero-order chi connectivity index (χ0) is 13.0. The van der Waals surface area contributed by atoms with Gasteiger partial charge < -0.3 is 4.74 Å². The fraction of sp³-hybridized carbons (Fsp3) is 0.267. The molecule has 0 aliphatic rings. The number of benzene rings is 2. The predicted molar refractivity (Wildman–Crippen MR) is 77.1 cm³/mol. The van der Waals surface area contributed by atoms with Gasteiger partial charge >= 0.3 is 5.97 Å². The summed E-state index contributed by atoms with van der Waals surface area (Å²) in [4.78, 5) is 11.6. The Morgan fingerprint density at radius 1 is 1.22 bits per heavy atom. The summed E-state index contributed by atoms with van der Waals surface area (Å²) in [6.45, 7) is 2.20. The molecule has 1 atom stereocenters. The van der Waals surface area contributed by atoms with Crippen LogP contribution in [0.5, 0.6) is 0 Å². The standard InChI is InChI=1S/C15H16O2S/c1-2-17-15(16)14(18)10-12-8-5-7-11-6-3-4-9-13(11)12/h3-9,14,18H,2,10H2,1H3. The van der Waals surface area contributed by atoms with E-state index in [-0.39, 0.29) is 5.97 Å². The van der Waals surface area contributed by atoms with Gasteiger partial charge in [-0.3, -0.25) is 4.79 Å². The number of fused-ring (bicyclic) bond motifs is 1. The number of thiol groups is 1. The summed E-state index contributed by atoms with van der Waals surface area (Å²) in [7, 11) is 0. The van der Waals surface area contributed by atoms with Gasteiger partial charge in [0.15, 0.2) is 0 Å². The number of hydrogen-bond acceptors (Lipinski definition) is 3. The molecule has 0 amide bonds. The average Bonchev–Trinajstić information content (AvgIpc) is 2.39. The van der Waals surface area contributed by atoms with Gasteiger partial charge in [-0.1, -0.05) is 42.5 Å². The molecule has 0 aliphatic heterocycles. The maximum absolute atomic E-state index is 11.6. The molecule has 0 spiro atoms. The van der Waals surface area contributed by atoms with Gasteiger partial charge in [-0.2, -0.15) is 12.6 Å². The van der Waals surface area contributed by atoms with Crippen molar-refractivity contribution < 1.29 is 9.53 Å². The lowest BCUT2D eigenvalue weighted by Crippen LogP contribution is -2.20. The predicted octanol–water partition coefficient (Wildman–Crippen LogP) is 3.24. The first kappa shape index (κ1) is 13.0. The summed E-state index contributed by atoms with van der Waals surface area (Å²) < 4.78 is 4.97. The van der Waals surface area contributed by atoms with E-state index in [0.29, 0.717) is 13.0 Å². The molecule has 0 N–H and O–H groups in total. The maximum atomic E-state index is 11.6. The fourth-order valence-corrected chi connectivity index (χ4v) is 2.27. The topological polar surface area (TPSA) is 26.3 Å². The Hall–Kier alpha value is -1.48. The quantitative estimate of drug-likeness (QED) is 0.674. The lowest BCUT2D eigenvalue weighted by molar-refractivity contribution is -0.142. The molecule has 2 aromatic rings. The van der Waals surface area contributed by atoms with Crippen molar-refractivity contribution in [2.75, 3.05) is 6.61 Å². The molecule has 0 bridgehead atoms. The first-order valence-corrected chi connectivity index (χ1v) is 6.55. The van der Waals surface area contributed by atoms with E-state index in [0.717, 1.165) is 5.56 Å². The monoisotopic (exact) mass is 260 g/mol. The van der Waals surface area contributed by atoms with Crippen LogP contribution in [-0.4, -0.2) is 17.8 Å². The summed E-state index contributed by atoms with van der Waals surface area (Å²) in [6.07, 6.45) is 0.587. The Morgan fingerprint density at radius 2 is 1.94 bits per heavy atom. The van der Waals surface area contributed by atoms with Gasteiger partial charge in [0.25, 0.3) is 0 Å². The van der Waals surface area contributed by atoms with E-state index in [1.54, 1.807) is 6.92 Å². The Labute approximate surface area is 112 Å². The summed E-state index contributed by atoms with van der Waals surface area (Å²) in [5.41, 5.74) is 1.13. The molecule has 2 nitrogen and oxygen atoms in total. The van der Waals surface area contributed by atoms with Crippen LogP contribution in [0.1, 0.15) is 12.5 Å². The summed E-state index contributed by atoms with van der Waals surface area (Å²) >= 11 is 4.32. The van der Waals surface area contributed by atoms with Gasteiger partial charge in [0, 0.05) is 0 Å². The van der Waals surface area contributed by atoms with Crippen LogP contribution < -0.4 is 0 Å². The van der Waals surface area contributed by atoms with E-state index in [4.69, 9.17) is 4.74 Å². The second-order valence-electron chi connectivity index (χ2n) is 4.11. The van der Waals surface area contributed by atoms with Crippen LogP contribution in [0.15, 0.2) is 42.5 Å². The maximum Gasteiger partial charge on any atom is 0.319 e. The van der Waals surface area contributed by atoms with E-state index in [1.807, 2.05) is 24.3 Å². The van der Waals surface area contributed by atoms with Crippen LogP contribution in [0.3, 0.4) is 0 Å². The largest absolute Gasteiger partial charge is 0.465 e. The van der Waals surface area contributed by atoms with Crippen LogP contribution in [0, 0.1) is 0 Å². The van der Waals surface area contributed by atoms with Crippen molar-refractivity contribution in [2.24, 2.45) is 0 Å². The van der Waals surface area contributed by atoms with E-state index in [2.05, 4.69) is 30.8 Å². The van der Waals surface area contributed by atoms with Gasteiger partial charge in [-0.15, -0.1) is 0 Å². The summed E-state index contributed by atoms with van der Waals surface area (Å²) in [5, 5.41) is 1.94. The number of ether oxygens (including phenoxy) is 1. The first-order chi connectivity index (χ1) is 8.72. The fourth-order valence-electron chi connectivity index (χ4n) is 2.00. The van der Waals surface area contributed by atoms with Gasteiger partial charge in [-0.25, -0.2) is 0 Å². The van der Waals surface area contributed by atoms with E-state index < -0.39 is 5.25 Å². The van der Waals surface area contributed by atoms with Crippen molar-refractivity contribution in [2.45, 2.75) is 18.6 Å². The van der Waals surface area contributed by atoms with E-state index in [1.165, 1.54) is 10.8 Å². The molecule has 0 fully saturated rings. The van der Waals surface area contributed by atoms with Crippen molar-refractivity contribution in [3.63, 3.8) is 0 Å². The molecule has 3 heteroatoms. The SMILES string of the molecule is CCOC(=O)C(S)Cc1cccc2ccccc12. The minimum Gasteiger partial charge on any atom is -0.465 e. The first-order valence-electron chi connectivity index (χ1n) is 6.03. The highest BCUT2D eigenvalue weighted by atomic mass is 32.1. The summed E-state index contributed by atoms with van der Waals surface area (Å²) in [6, 6.07) is 14.2. The Morgan fingerprint density at radius 3 is 2.72 bits per heavy atom. The molecule has 0 saturated carbocycles. The summed E-state index contributed by atoms with van der Waals surface area (Å²) in [5.74, 6) is -0.256. The van der Waals surface area contributed by atoms with Crippen molar-refractivity contribution in [3.05, 3.63) is 48.0 Å². The average molecular weight is 260 g/mol. The van der Waals surface area contributed by atoms with Gasteiger partial charge in [0.05, 0.1) is 6.61 Å². The molecule has 2 rings (SSSR count). The molecule has 2 aromatic carbocycles. The van der Waals surface area contributed by atoms with E-state index >= 15 is 0 Å². The van der Waals surface area contributed by atoms with Gasteiger partial charge in [-0.05, 0) is 29.7 Å². The molecular formula is C15H16O2S. The molecule has 0 heterocycles. The Kier molecular flexibility index (Phi) is 4.26. The molecular weight excluding hydrogens is 244 g/mol. The Bertz CT molecular complexity index is 546. The molecule has 94 valence electrons. The second-order valence-corrected chi connectivity index (χ2v) is 4.73. The highest BCUT2D eigenvalue weighted by molar-refractivity contribution is 7.81. The number of rotatable bonds is 4. The van der Waals surface area contributed by atoms with Crippen LogP contribution in [0.4, 0.5) is 0 Å². The molecule has 0 radical (unpaired) electrons. The second kappa shape index (κ2) is 5.91. The minimum absolute atomic E-state index is 0.256. The molecule has 0 aliphatic carbocycles. The van der Waals surface area contributed by atoms with Crippen LogP contribution in [0.2, 0.25) is 0 Å². The molecule has 0 saturated heterocycles. The highest BCUT2D eigenvalue weighted by Crippen LogP contribution is 2.21. The molecule has 0 aromatic heterocycles. The van der Waals surface area contributed by atoms with Crippen LogP contribution in [-0.2, 0) is 16.0 Å². The number of carbonyl (C=O) groups is 1. The minimum atomic E-state index is -0.407. The number of carbonyl (C=O) groups excluding carboxylic acids is 1.